The molecule has 0 radical (unpaired) electrons. The molecule has 0 aliphatic rings. The molecule has 21 heavy (non-hydrogen) atoms. The lowest BCUT2D eigenvalue weighted by atomic mass is 10.3. The molecule has 0 aromatic heterocycles. The summed E-state index contributed by atoms with van der Waals surface area (Å²) in [5.74, 6) is -0.195. The Kier molecular flexibility index (Phi) is 6.17. The Morgan fingerprint density at radius 3 is 2.38 bits per heavy atom. The molecule has 0 fully saturated rings. The number of nitrogens with two attached hydrogens (primary N) is 1. The summed E-state index contributed by atoms with van der Waals surface area (Å²) in [6, 6.07) is 3.88. The number of primary sulfonamides is 1. The van der Waals surface area contributed by atoms with Crippen LogP contribution in [0.2, 0.25) is 0 Å². The highest BCUT2D eigenvalue weighted by molar-refractivity contribution is 9.10. The van der Waals surface area contributed by atoms with E-state index in [1.165, 1.54) is 18.2 Å². The number of sulfonamides is 2. The molecule has 0 saturated carbocycles. The number of nitrogens with one attached hydrogen (secondary N) is 1. The Balaban J connectivity index is 2.82. The van der Waals surface area contributed by atoms with E-state index in [0.717, 1.165) is 0 Å². The van der Waals surface area contributed by atoms with Crippen molar-refractivity contribution < 1.29 is 21.6 Å². The van der Waals surface area contributed by atoms with Gasteiger partial charge in [-0.25, -0.2) is 22.0 Å². The van der Waals surface area contributed by atoms with Crippen molar-refractivity contribution in [2.75, 3.05) is 17.1 Å². The van der Waals surface area contributed by atoms with Crippen LogP contribution in [-0.2, 0) is 24.8 Å². The lowest BCUT2D eigenvalue weighted by Crippen LogP contribution is -2.21. The van der Waals surface area contributed by atoms with Crippen molar-refractivity contribution in [1.82, 2.24) is 0 Å². The van der Waals surface area contributed by atoms with Crippen LogP contribution in [0.25, 0.3) is 0 Å². The molecule has 0 amide bonds. The molecule has 0 saturated heterocycles. The van der Waals surface area contributed by atoms with Crippen LogP contribution in [-0.4, -0.2) is 35.3 Å². The molecule has 1 aromatic rings. The minimum Gasteiger partial charge on any atom is -0.378 e. The van der Waals surface area contributed by atoms with Crippen molar-refractivity contribution in [1.29, 1.82) is 0 Å². The maximum absolute atomic E-state index is 11.8. The Labute approximate surface area is 133 Å². The molecule has 0 spiro atoms. The van der Waals surface area contributed by atoms with Gasteiger partial charge in [0.15, 0.2) is 0 Å². The highest BCUT2D eigenvalue weighted by Crippen LogP contribution is 2.25. The SMILES string of the molecule is CC(C)OCCS(=O)(=O)Nc1ccc(S(N)(=O)=O)c(Br)c1. The predicted molar refractivity (Wildman–Crippen MR) is 84.0 cm³/mol. The second-order valence-corrected chi connectivity index (χ2v) is 8.76. The van der Waals surface area contributed by atoms with E-state index >= 15 is 0 Å². The zero-order valence-electron chi connectivity index (χ0n) is 11.5. The number of ether oxygens (including phenoxy) is 1. The van der Waals surface area contributed by atoms with E-state index in [2.05, 4.69) is 20.7 Å². The van der Waals surface area contributed by atoms with Crippen LogP contribution in [0.4, 0.5) is 5.69 Å². The van der Waals surface area contributed by atoms with Crippen LogP contribution < -0.4 is 9.86 Å². The fourth-order valence-corrected chi connectivity index (χ4v) is 3.97. The summed E-state index contributed by atoms with van der Waals surface area (Å²) >= 11 is 3.04. The maximum atomic E-state index is 11.8. The highest BCUT2D eigenvalue weighted by Gasteiger charge is 2.15. The highest BCUT2D eigenvalue weighted by atomic mass is 79.9. The molecule has 0 bridgehead atoms. The molecule has 0 atom stereocenters. The standard InChI is InChI=1S/C11H17BrN2O5S2/c1-8(2)19-5-6-20(15,16)14-9-3-4-11(10(12)7-9)21(13,17)18/h3-4,7-8,14H,5-6H2,1-2H3,(H2,13,17,18). The number of hydrogen-bond donors (Lipinski definition) is 2. The van der Waals surface area contributed by atoms with Gasteiger partial charge >= 0.3 is 0 Å². The van der Waals surface area contributed by atoms with Crippen molar-refractivity contribution in [3.05, 3.63) is 22.7 Å². The molecule has 10 heteroatoms. The lowest BCUT2D eigenvalue weighted by molar-refractivity contribution is 0.0913. The van der Waals surface area contributed by atoms with Gasteiger partial charge in [0.05, 0.1) is 23.4 Å². The van der Waals surface area contributed by atoms with E-state index in [0.29, 0.717) is 0 Å². The normalized spacial score (nSPS) is 12.6. The first-order chi connectivity index (χ1) is 9.51. The Morgan fingerprint density at radius 2 is 1.90 bits per heavy atom. The quantitative estimate of drug-likeness (QED) is 0.714. The van der Waals surface area contributed by atoms with E-state index in [4.69, 9.17) is 9.88 Å². The third-order valence-corrected chi connectivity index (χ3v) is 5.45. The smallest absolute Gasteiger partial charge is 0.239 e. The fourth-order valence-electron chi connectivity index (χ4n) is 1.42. The van der Waals surface area contributed by atoms with Crippen molar-refractivity contribution in [3.63, 3.8) is 0 Å². The summed E-state index contributed by atoms with van der Waals surface area (Å²) < 4.78 is 53.8. The average molecular weight is 401 g/mol. The molecule has 120 valence electrons. The molecule has 0 heterocycles. The summed E-state index contributed by atoms with van der Waals surface area (Å²) in [5, 5.41) is 5.02. The second kappa shape index (κ2) is 7.05. The molecular formula is C11H17BrN2O5S2. The molecule has 7 nitrogen and oxygen atoms in total. The number of halogens is 1. The first-order valence-corrected chi connectivity index (χ1v) is 9.95. The Morgan fingerprint density at radius 1 is 1.29 bits per heavy atom. The molecule has 1 rings (SSSR count). The molecule has 3 N–H and O–H groups in total. The predicted octanol–water partition coefficient (Wildman–Crippen LogP) is 1.26. The molecule has 0 aliphatic heterocycles. The van der Waals surface area contributed by atoms with Gasteiger partial charge in [-0.15, -0.1) is 0 Å². The van der Waals surface area contributed by atoms with Crippen molar-refractivity contribution in [2.24, 2.45) is 5.14 Å². The summed E-state index contributed by atoms with van der Waals surface area (Å²) in [6.45, 7) is 3.69. The minimum absolute atomic E-state index is 0.0524. The summed E-state index contributed by atoms with van der Waals surface area (Å²) in [6.07, 6.45) is -0.0524. The summed E-state index contributed by atoms with van der Waals surface area (Å²) in [7, 11) is -7.43. The largest absolute Gasteiger partial charge is 0.378 e. The molecular weight excluding hydrogens is 384 g/mol. The maximum Gasteiger partial charge on any atom is 0.239 e. The zero-order chi connectivity index (χ0) is 16.3. The van der Waals surface area contributed by atoms with Crippen molar-refractivity contribution >= 4 is 41.7 Å². The van der Waals surface area contributed by atoms with Gasteiger partial charge in [-0.05, 0) is 48.0 Å². The number of anilines is 1. The first kappa shape index (κ1) is 18.4. The van der Waals surface area contributed by atoms with Gasteiger partial charge < -0.3 is 4.74 Å². The van der Waals surface area contributed by atoms with E-state index in [9.17, 15) is 16.8 Å². The Bertz CT molecular complexity index is 701. The van der Waals surface area contributed by atoms with Gasteiger partial charge in [0.1, 0.15) is 0 Å². The van der Waals surface area contributed by atoms with Crippen LogP contribution in [0.15, 0.2) is 27.6 Å². The number of rotatable bonds is 7. The fraction of sp³-hybridized carbons (Fsp3) is 0.455. The monoisotopic (exact) mass is 400 g/mol. The zero-order valence-corrected chi connectivity index (χ0v) is 14.8. The van der Waals surface area contributed by atoms with Gasteiger partial charge in [0, 0.05) is 10.2 Å². The summed E-state index contributed by atoms with van der Waals surface area (Å²) in [5.41, 5.74) is 0.235. The van der Waals surface area contributed by atoms with Gasteiger partial charge in [-0.3, -0.25) is 4.72 Å². The topological polar surface area (TPSA) is 116 Å². The van der Waals surface area contributed by atoms with Gasteiger partial charge in [0.25, 0.3) is 0 Å². The first-order valence-electron chi connectivity index (χ1n) is 5.96. The molecule has 1 aromatic carbocycles. The van der Waals surface area contributed by atoms with Crippen LogP contribution in [0.3, 0.4) is 0 Å². The van der Waals surface area contributed by atoms with Gasteiger partial charge in [-0.1, -0.05) is 0 Å². The van der Waals surface area contributed by atoms with Gasteiger partial charge in [-0.2, -0.15) is 0 Å². The van der Waals surface area contributed by atoms with Crippen molar-refractivity contribution in [2.45, 2.75) is 24.8 Å². The van der Waals surface area contributed by atoms with Crippen LogP contribution in [0, 0.1) is 0 Å². The molecule has 0 aliphatic carbocycles. The van der Waals surface area contributed by atoms with Crippen LogP contribution >= 0.6 is 15.9 Å². The van der Waals surface area contributed by atoms with Crippen LogP contribution in [0.5, 0.6) is 0 Å². The van der Waals surface area contributed by atoms with E-state index < -0.39 is 20.0 Å². The Hall–Kier alpha value is -0.680. The second-order valence-electron chi connectivity index (χ2n) is 4.53. The van der Waals surface area contributed by atoms with E-state index in [-0.39, 0.29) is 33.5 Å². The molecule has 0 unspecified atom stereocenters. The third kappa shape index (κ3) is 6.30. The van der Waals surface area contributed by atoms with Crippen LogP contribution in [0.1, 0.15) is 13.8 Å². The van der Waals surface area contributed by atoms with E-state index in [1.54, 1.807) is 0 Å². The minimum atomic E-state index is -3.86. The average Bonchev–Trinajstić information content (AvgIpc) is 2.25. The van der Waals surface area contributed by atoms with E-state index in [1.807, 2.05) is 13.8 Å². The number of hydrogen-bond acceptors (Lipinski definition) is 5. The lowest BCUT2D eigenvalue weighted by Gasteiger charge is -2.11. The summed E-state index contributed by atoms with van der Waals surface area (Å²) in [4.78, 5) is -0.117. The van der Waals surface area contributed by atoms with Crippen molar-refractivity contribution in [3.8, 4) is 0 Å². The third-order valence-electron chi connectivity index (χ3n) is 2.32. The van der Waals surface area contributed by atoms with Gasteiger partial charge in [0.2, 0.25) is 20.0 Å². The number of benzene rings is 1.